The molecule has 5 nitrogen and oxygen atoms in total. The van der Waals surface area contributed by atoms with Crippen molar-refractivity contribution in [1.29, 1.82) is 0 Å². The van der Waals surface area contributed by atoms with Gasteiger partial charge in [0.15, 0.2) is 6.61 Å². The van der Waals surface area contributed by atoms with Crippen molar-refractivity contribution in [2.75, 3.05) is 11.5 Å². The van der Waals surface area contributed by atoms with E-state index in [2.05, 4.69) is 4.98 Å². The van der Waals surface area contributed by atoms with Gasteiger partial charge in [0.05, 0.1) is 11.4 Å². The van der Waals surface area contributed by atoms with Crippen LogP contribution < -0.4 is 4.90 Å². The molecule has 0 bridgehead atoms. The summed E-state index contributed by atoms with van der Waals surface area (Å²) in [4.78, 5) is 32.3. The van der Waals surface area contributed by atoms with Gasteiger partial charge in [0.25, 0.3) is 5.91 Å². The summed E-state index contributed by atoms with van der Waals surface area (Å²) in [5.74, 6) is -0.646. The van der Waals surface area contributed by atoms with E-state index >= 15 is 0 Å². The first-order chi connectivity index (χ1) is 15.2. The van der Waals surface area contributed by atoms with Gasteiger partial charge in [0, 0.05) is 33.3 Å². The van der Waals surface area contributed by atoms with Crippen molar-refractivity contribution < 1.29 is 14.3 Å². The fourth-order valence-electron chi connectivity index (χ4n) is 3.83. The molecule has 0 radical (unpaired) electrons. The molecular weight excluding hydrogens is 408 g/mol. The number of anilines is 2. The van der Waals surface area contributed by atoms with E-state index in [4.69, 9.17) is 4.74 Å². The molecule has 1 aliphatic heterocycles. The zero-order chi connectivity index (χ0) is 21.2. The molecule has 0 spiro atoms. The summed E-state index contributed by atoms with van der Waals surface area (Å²) in [5, 5.41) is 1.10. The molecule has 0 saturated heterocycles. The summed E-state index contributed by atoms with van der Waals surface area (Å²) in [7, 11) is 0. The molecule has 3 aromatic carbocycles. The summed E-state index contributed by atoms with van der Waals surface area (Å²) in [5.41, 5.74) is 3.73. The van der Waals surface area contributed by atoms with Crippen LogP contribution in [0, 0.1) is 0 Å². The maximum absolute atomic E-state index is 13.1. The monoisotopic (exact) mass is 428 g/mol. The zero-order valence-corrected chi connectivity index (χ0v) is 17.5. The molecule has 31 heavy (non-hydrogen) atoms. The molecule has 0 fully saturated rings. The molecular formula is C25H20N2O3S. The number of esters is 1. The number of fused-ring (bicyclic) bond motifs is 3. The van der Waals surface area contributed by atoms with Crippen LogP contribution in [0.5, 0.6) is 0 Å². The fourth-order valence-corrected chi connectivity index (χ4v) is 4.89. The van der Waals surface area contributed by atoms with E-state index in [-0.39, 0.29) is 24.9 Å². The Labute approximate surface area is 184 Å². The van der Waals surface area contributed by atoms with Crippen molar-refractivity contribution in [3.05, 3.63) is 84.6 Å². The number of para-hydroxylation sites is 3. The Morgan fingerprint density at radius 3 is 2.26 bits per heavy atom. The predicted molar refractivity (Wildman–Crippen MR) is 122 cm³/mol. The Kier molecular flexibility index (Phi) is 5.22. The first kappa shape index (κ1) is 19.5. The quantitative estimate of drug-likeness (QED) is 0.428. The Bertz CT molecular complexity index is 1240. The summed E-state index contributed by atoms with van der Waals surface area (Å²) >= 11 is 1.63. The highest BCUT2D eigenvalue weighted by atomic mass is 32.2. The van der Waals surface area contributed by atoms with E-state index in [0.29, 0.717) is 6.42 Å². The Morgan fingerprint density at radius 1 is 0.871 bits per heavy atom. The van der Waals surface area contributed by atoms with Crippen LogP contribution in [0.2, 0.25) is 0 Å². The number of rotatable bonds is 5. The number of H-pyrrole nitrogens is 1. The minimum absolute atomic E-state index is 0.220. The molecule has 1 aliphatic rings. The van der Waals surface area contributed by atoms with E-state index in [1.165, 1.54) is 0 Å². The smallest absolute Gasteiger partial charge is 0.306 e. The second-order valence-corrected chi connectivity index (χ2v) is 8.37. The summed E-state index contributed by atoms with van der Waals surface area (Å²) in [6.07, 6.45) is 2.70. The lowest BCUT2D eigenvalue weighted by Gasteiger charge is -2.30. The lowest BCUT2D eigenvalue weighted by Crippen LogP contribution is -2.32. The third-order valence-electron chi connectivity index (χ3n) is 5.31. The third kappa shape index (κ3) is 3.82. The van der Waals surface area contributed by atoms with Gasteiger partial charge < -0.3 is 9.72 Å². The van der Waals surface area contributed by atoms with Crippen LogP contribution in [-0.4, -0.2) is 23.5 Å². The van der Waals surface area contributed by atoms with Crippen LogP contribution in [0.25, 0.3) is 10.9 Å². The summed E-state index contributed by atoms with van der Waals surface area (Å²) < 4.78 is 5.35. The number of aromatic nitrogens is 1. The Balaban J connectivity index is 1.26. The van der Waals surface area contributed by atoms with E-state index < -0.39 is 0 Å². The number of hydrogen-bond acceptors (Lipinski definition) is 4. The standard InChI is InChI=1S/C25H20N2O3S/c28-24(16-30-25(29)14-13-17-15-26-19-8-2-1-7-18(17)19)27-20-9-3-5-11-22(20)31-23-12-6-4-10-21(23)27/h1-12,15,26H,13-14,16H2. The van der Waals surface area contributed by atoms with Gasteiger partial charge in [-0.3, -0.25) is 14.5 Å². The third-order valence-corrected chi connectivity index (χ3v) is 6.44. The molecule has 0 aliphatic carbocycles. The number of amides is 1. The minimum atomic E-state index is -0.383. The maximum atomic E-state index is 13.1. The number of aryl methyl sites for hydroxylation is 1. The summed E-state index contributed by atoms with van der Waals surface area (Å²) in [6, 6.07) is 23.5. The van der Waals surface area contributed by atoms with Gasteiger partial charge >= 0.3 is 5.97 Å². The van der Waals surface area contributed by atoms with Gasteiger partial charge in [-0.1, -0.05) is 54.2 Å². The molecule has 4 aromatic rings. The van der Waals surface area contributed by atoms with Crippen molar-refractivity contribution >= 4 is 45.9 Å². The number of ether oxygens (including phenoxy) is 1. The van der Waals surface area contributed by atoms with Gasteiger partial charge in [-0.05, 0) is 42.3 Å². The summed E-state index contributed by atoms with van der Waals surface area (Å²) in [6.45, 7) is -0.292. The molecule has 1 aromatic heterocycles. The first-order valence-corrected chi connectivity index (χ1v) is 10.9. The number of carbonyl (C=O) groups is 2. The normalized spacial score (nSPS) is 12.3. The first-order valence-electron chi connectivity index (χ1n) is 10.1. The molecule has 0 atom stereocenters. The SMILES string of the molecule is O=C(CCc1c[nH]c2ccccc12)OCC(=O)N1c2ccccc2Sc2ccccc21. The average Bonchev–Trinajstić information content (AvgIpc) is 3.22. The molecule has 0 saturated carbocycles. The van der Waals surface area contributed by atoms with E-state index in [0.717, 1.165) is 37.6 Å². The van der Waals surface area contributed by atoms with Crippen molar-refractivity contribution in [2.24, 2.45) is 0 Å². The number of nitrogens with one attached hydrogen (secondary N) is 1. The second kappa shape index (κ2) is 8.32. The highest BCUT2D eigenvalue weighted by molar-refractivity contribution is 7.99. The Hall–Kier alpha value is -3.51. The largest absolute Gasteiger partial charge is 0.456 e. The highest BCUT2D eigenvalue weighted by Gasteiger charge is 2.28. The van der Waals surface area contributed by atoms with E-state index in [9.17, 15) is 9.59 Å². The molecule has 154 valence electrons. The average molecular weight is 429 g/mol. The molecule has 5 rings (SSSR count). The van der Waals surface area contributed by atoms with E-state index in [1.807, 2.05) is 79.0 Å². The van der Waals surface area contributed by atoms with Crippen LogP contribution >= 0.6 is 11.8 Å². The van der Waals surface area contributed by atoms with Crippen LogP contribution in [-0.2, 0) is 20.7 Å². The van der Waals surface area contributed by atoms with Crippen molar-refractivity contribution in [1.82, 2.24) is 4.98 Å². The zero-order valence-electron chi connectivity index (χ0n) is 16.7. The van der Waals surface area contributed by atoms with Gasteiger partial charge in [-0.25, -0.2) is 0 Å². The number of aromatic amines is 1. The number of carbonyl (C=O) groups excluding carboxylic acids is 2. The highest BCUT2D eigenvalue weighted by Crippen LogP contribution is 2.47. The topological polar surface area (TPSA) is 62.4 Å². The van der Waals surface area contributed by atoms with Gasteiger partial charge in [0.2, 0.25) is 0 Å². The lowest BCUT2D eigenvalue weighted by atomic mass is 10.1. The number of hydrogen-bond donors (Lipinski definition) is 1. The van der Waals surface area contributed by atoms with Gasteiger partial charge in [0.1, 0.15) is 0 Å². The number of nitrogens with zero attached hydrogens (tertiary/aromatic N) is 1. The van der Waals surface area contributed by atoms with Crippen molar-refractivity contribution in [3.63, 3.8) is 0 Å². The van der Waals surface area contributed by atoms with Crippen molar-refractivity contribution in [2.45, 2.75) is 22.6 Å². The van der Waals surface area contributed by atoms with Gasteiger partial charge in [-0.2, -0.15) is 0 Å². The Morgan fingerprint density at radius 2 is 1.52 bits per heavy atom. The van der Waals surface area contributed by atoms with E-state index in [1.54, 1.807) is 16.7 Å². The lowest BCUT2D eigenvalue weighted by molar-refractivity contribution is -0.147. The second-order valence-electron chi connectivity index (χ2n) is 7.29. The van der Waals surface area contributed by atoms with Crippen LogP contribution in [0.4, 0.5) is 11.4 Å². The van der Waals surface area contributed by atoms with Crippen LogP contribution in [0.1, 0.15) is 12.0 Å². The van der Waals surface area contributed by atoms with Crippen LogP contribution in [0.15, 0.2) is 88.8 Å². The van der Waals surface area contributed by atoms with Crippen molar-refractivity contribution in [3.8, 4) is 0 Å². The molecule has 2 heterocycles. The van der Waals surface area contributed by atoms with Crippen LogP contribution in [0.3, 0.4) is 0 Å². The molecule has 6 heteroatoms. The minimum Gasteiger partial charge on any atom is -0.456 e. The maximum Gasteiger partial charge on any atom is 0.306 e. The molecule has 1 amide bonds. The molecule has 0 unspecified atom stereocenters. The molecule has 1 N–H and O–H groups in total. The van der Waals surface area contributed by atoms with Gasteiger partial charge in [-0.15, -0.1) is 0 Å². The fraction of sp³-hybridized carbons (Fsp3) is 0.120. The number of benzene rings is 3. The predicted octanol–water partition coefficient (Wildman–Crippen LogP) is 5.47.